The van der Waals surface area contributed by atoms with E-state index in [-0.39, 0.29) is 12.0 Å². The Kier molecular flexibility index (Phi) is 6.45. The number of hydrogen-bond acceptors (Lipinski definition) is 4. The van der Waals surface area contributed by atoms with Gasteiger partial charge in [0, 0.05) is 6.04 Å². The van der Waals surface area contributed by atoms with Gasteiger partial charge in [-0.25, -0.2) is 0 Å². The lowest BCUT2D eigenvalue weighted by Gasteiger charge is -2.33. The molecule has 0 aromatic heterocycles. The number of methoxy groups -OCH3 is 2. The van der Waals surface area contributed by atoms with Crippen molar-refractivity contribution < 1.29 is 14.3 Å². The molecule has 4 heteroatoms. The SMILES string of the molecule is COC(=O)C(C)(C)C(CCc1ccccc1)Nc1ccccc1OC. The maximum Gasteiger partial charge on any atom is 0.313 e. The topological polar surface area (TPSA) is 47.6 Å². The standard InChI is InChI=1S/C21H27NO3/c1-21(2,20(23)25-4)19(15-14-16-10-6-5-7-11-16)22-17-12-8-9-13-18(17)24-3/h5-13,19,22H,14-15H2,1-4H3. The van der Waals surface area contributed by atoms with Gasteiger partial charge in [0.25, 0.3) is 0 Å². The highest BCUT2D eigenvalue weighted by molar-refractivity contribution is 5.77. The molecule has 2 rings (SSSR count). The first-order chi connectivity index (χ1) is 12.0. The number of aryl methyl sites for hydroxylation is 1. The molecule has 2 aromatic carbocycles. The number of nitrogens with one attached hydrogen (secondary N) is 1. The van der Waals surface area contributed by atoms with Crippen molar-refractivity contribution in [2.75, 3.05) is 19.5 Å². The number of benzene rings is 2. The Morgan fingerprint density at radius 2 is 1.68 bits per heavy atom. The average molecular weight is 341 g/mol. The van der Waals surface area contributed by atoms with Gasteiger partial charge >= 0.3 is 5.97 Å². The molecule has 0 aliphatic carbocycles. The predicted octanol–water partition coefficient (Wildman–Crippen LogP) is 4.31. The Bertz CT molecular complexity index is 683. The molecule has 2 aromatic rings. The van der Waals surface area contributed by atoms with Crippen LogP contribution in [0.15, 0.2) is 54.6 Å². The third-order valence-corrected chi connectivity index (χ3v) is 4.58. The Morgan fingerprint density at radius 1 is 1.04 bits per heavy atom. The predicted molar refractivity (Wildman–Crippen MR) is 101 cm³/mol. The molecule has 0 saturated heterocycles. The summed E-state index contributed by atoms with van der Waals surface area (Å²) >= 11 is 0. The van der Waals surface area contributed by atoms with E-state index in [9.17, 15) is 4.79 Å². The van der Waals surface area contributed by atoms with Crippen LogP contribution in [0.1, 0.15) is 25.8 Å². The van der Waals surface area contributed by atoms with Gasteiger partial charge < -0.3 is 14.8 Å². The number of esters is 1. The maximum atomic E-state index is 12.3. The quantitative estimate of drug-likeness (QED) is 0.727. The van der Waals surface area contributed by atoms with Gasteiger partial charge in [-0.15, -0.1) is 0 Å². The van der Waals surface area contributed by atoms with Crippen LogP contribution in [0.25, 0.3) is 0 Å². The van der Waals surface area contributed by atoms with Crippen molar-refractivity contribution in [2.45, 2.75) is 32.7 Å². The Hall–Kier alpha value is -2.49. The zero-order chi connectivity index (χ0) is 18.3. The van der Waals surface area contributed by atoms with Crippen molar-refractivity contribution in [1.29, 1.82) is 0 Å². The first-order valence-corrected chi connectivity index (χ1v) is 8.51. The smallest absolute Gasteiger partial charge is 0.313 e. The summed E-state index contributed by atoms with van der Waals surface area (Å²) in [5.74, 6) is 0.529. The monoisotopic (exact) mass is 341 g/mol. The number of carbonyl (C=O) groups excluding carboxylic acids is 1. The molecule has 1 atom stereocenters. The number of carbonyl (C=O) groups is 1. The summed E-state index contributed by atoms with van der Waals surface area (Å²) in [5.41, 5.74) is 1.44. The van der Waals surface area contributed by atoms with Crippen LogP contribution in [-0.4, -0.2) is 26.2 Å². The number of anilines is 1. The van der Waals surface area contributed by atoms with Gasteiger partial charge in [0.1, 0.15) is 5.75 Å². The fraction of sp³-hybridized carbons (Fsp3) is 0.381. The molecule has 0 fully saturated rings. The van der Waals surface area contributed by atoms with Gasteiger partial charge in [-0.05, 0) is 44.4 Å². The first-order valence-electron chi connectivity index (χ1n) is 8.51. The van der Waals surface area contributed by atoms with Crippen LogP contribution in [0.4, 0.5) is 5.69 Å². The summed E-state index contributed by atoms with van der Waals surface area (Å²) in [4.78, 5) is 12.3. The summed E-state index contributed by atoms with van der Waals surface area (Å²) < 4.78 is 10.5. The minimum atomic E-state index is -0.676. The molecule has 0 saturated carbocycles. The molecule has 4 nitrogen and oxygen atoms in total. The number of ether oxygens (including phenoxy) is 2. The number of rotatable bonds is 8. The molecule has 1 unspecified atom stereocenters. The van der Waals surface area contributed by atoms with E-state index in [0.717, 1.165) is 24.3 Å². The molecule has 0 aliphatic rings. The molecule has 0 aliphatic heterocycles. The first kappa shape index (κ1) is 18.8. The maximum absolute atomic E-state index is 12.3. The fourth-order valence-corrected chi connectivity index (χ4v) is 2.93. The van der Waals surface area contributed by atoms with Crippen LogP contribution in [0.5, 0.6) is 5.75 Å². The Labute approximate surface area is 150 Å². The molecule has 0 bridgehead atoms. The zero-order valence-electron chi connectivity index (χ0n) is 15.4. The Balaban J connectivity index is 2.23. The molecule has 134 valence electrons. The number of hydrogen-bond donors (Lipinski definition) is 1. The largest absolute Gasteiger partial charge is 0.495 e. The second-order valence-electron chi connectivity index (χ2n) is 6.63. The lowest BCUT2D eigenvalue weighted by atomic mass is 9.81. The highest BCUT2D eigenvalue weighted by atomic mass is 16.5. The molecule has 0 radical (unpaired) electrons. The summed E-state index contributed by atoms with van der Waals surface area (Å²) in [5, 5.41) is 3.50. The van der Waals surface area contributed by atoms with E-state index < -0.39 is 5.41 Å². The van der Waals surface area contributed by atoms with Crippen molar-refractivity contribution in [3.8, 4) is 5.75 Å². The highest BCUT2D eigenvalue weighted by Crippen LogP contribution is 2.32. The average Bonchev–Trinajstić information content (AvgIpc) is 2.65. The van der Waals surface area contributed by atoms with E-state index in [1.807, 2.05) is 56.3 Å². The molecular weight excluding hydrogens is 314 g/mol. The van der Waals surface area contributed by atoms with Crippen LogP contribution in [0, 0.1) is 5.41 Å². The van der Waals surface area contributed by atoms with Crippen molar-refractivity contribution in [3.63, 3.8) is 0 Å². The van der Waals surface area contributed by atoms with Crippen LogP contribution < -0.4 is 10.1 Å². The molecule has 0 heterocycles. The third kappa shape index (κ3) is 4.75. The van der Waals surface area contributed by atoms with Crippen LogP contribution in [-0.2, 0) is 16.0 Å². The van der Waals surface area contributed by atoms with E-state index in [1.165, 1.54) is 12.7 Å². The minimum Gasteiger partial charge on any atom is -0.495 e. The van der Waals surface area contributed by atoms with Crippen molar-refractivity contribution in [2.24, 2.45) is 5.41 Å². The van der Waals surface area contributed by atoms with Crippen LogP contribution in [0.2, 0.25) is 0 Å². The molecule has 1 N–H and O–H groups in total. The zero-order valence-corrected chi connectivity index (χ0v) is 15.4. The summed E-state index contributed by atoms with van der Waals surface area (Å²) in [7, 11) is 3.08. The summed E-state index contributed by atoms with van der Waals surface area (Å²) in [6, 6.07) is 17.9. The van der Waals surface area contributed by atoms with Crippen LogP contribution >= 0.6 is 0 Å². The van der Waals surface area contributed by atoms with Gasteiger partial charge in [0.15, 0.2) is 0 Å². The lowest BCUT2D eigenvalue weighted by Crippen LogP contribution is -2.43. The van der Waals surface area contributed by atoms with E-state index in [1.54, 1.807) is 7.11 Å². The van der Waals surface area contributed by atoms with Crippen LogP contribution in [0.3, 0.4) is 0 Å². The van der Waals surface area contributed by atoms with Gasteiger partial charge in [-0.3, -0.25) is 4.79 Å². The Morgan fingerprint density at radius 3 is 2.32 bits per heavy atom. The van der Waals surface area contributed by atoms with E-state index in [0.29, 0.717) is 0 Å². The van der Waals surface area contributed by atoms with Gasteiger partial charge in [0.2, 0.25) is 0 Å². The third-order valence-electron chi connectivity index (χ3n) is 4.58. The normalized spacial score (nSPS) is 12.3. The van der Waals surface area contributed by atoms with E-state index in [4.69, 9.17) is 9.47 Å². The van der Waals surface area contributed by atoms with Crippen molar-refractivity contribution in [3.05, 3.63) is 60.2 Å². The van der Waals surface area contributed by atoms with Gasteiger partial charge in [-0.2, -0.15) is 0 Å². The lowest BCUT2D eigenvalue weighted by molar-refractivity contribution is -0.151. The van der Waals surface area contributed by atoms with E-state index >= 15 is 0 Å². The van der Waals surface area contributed by atoms with E-state index in [2.05, 4.69) is 17.4 Å². The van der Waals surface area contributed by atoms with Crippen molar-refractivity contribution in [1.82, 2.24) is 0 Å². The highest BCUT2D eigenvalue weighted by Gasteiger charge is 2.38. The second kappa shape index (κ2) is 8.56. The van der Waals surface area contributed by atoms with Gasteiger partial charge in [-0.1, -0.05) is 42.5 Å². The molecule has 25 heavy (non-hydrogen) atoms. The second-order valence-corrected chi connectivity index (χ2v) is 6.63. The molecule has 0 spiro atoms. The van der Waals surface area contributed by atoms with Crippen molar-refractivity contribution >= 4 is 11.7 Å². The molecule has 0 amide bonds. The number of para-hydroxylation sites is 2. The summed E-state index contributed by atoms with van der Waals surface area (Å²) in [6.07, 6.45) is 1.66. The minimum absolute atomic E-state index is 0.101. The van der Waals surface area contributed by atoms with Gasteiger partial charge in [0.05, 0.1) is 25.3 Å². The molecular formula is C21H27NO3. The fourth-order valence-electron chi connectivity index (χ4n) is 2.93. The summed E-state index contributed by atoms with van der Waals surface area (Å²) in [6.45, 7) is 3.83.